The third-order valence-electron chi connectivity index (χ3n) is 3.66. The standard InChI is InChI=1S/C14H25N5O/c1-11(2)9-18-4-6-19(7-5-18)14(20)13(15)12-8-16-17(3)10-12/h8,10-11,13H,4-7,9,15H2,1-3H3. The zero-order valence-corrected chi connectivity index (χ0v) is 12.6. The molecule has 1 aromatic rings. The monoisotopic (exact) mass is 279 g/mol. The highest BCUT2D eigenvalue weighted by Crippen LogP contribution is 2.14. The van der Waals surface area contributed by atoms with Gasteiger partial charge in [0, 0.05) is 51.5 Å². The van der Waals surface area contributed by atoms with Crippen molar-refractivity contribution in [1.82, 2.24) is 19.6 Å². The van der Waals surface area contributed by atoms with Crippen LogP contribution in [-0.4, -0.2) is 58.2 Å². The van der Waals surface area contributed by atoms with Gasteiger partial charge in [0.15, 0.2) is 0 Å². The number of amides is 1. The first kappa shape index (κ1) is 15.0. The number of carbonyl (C=O) groups excluding carboxylic acids is 1. The molecule has 1 aromatic heterocycles. The summed E-state index contributed by atoms with van der Waals surface area (Å²) < 4.78 is 1.67. The van der Waals surface area contributed by atoms with E-state index in [9.17, 15) is 4.79 Å². The molecular weight excluding hydrogens is 254 g/mol. The summed E-state index contributed by atoms with van der Waals surface area (Å²) in [5.41, 5.74) is 6.82. The van der Waals surface area contributed by atoms with Crippen molar-refractivity contribution in [2.75, 3.05) is 32.7 Å². The maximum absolute atomic E-state index is 12.4. The summed E-state index contributed by atoms with van der Waals surface area (Å²) in [6.45, 7) is 8.93. The Bertz CT molecular complexity index is 448. The maximum Gasteiger partial charge on any atom is 0.244 e. The van der Waals surface area contributed by atoms with Crippen molar-refractivity contribution in [3.05, 3.63) is 18.0 Å². The van der Waals surface area contributed by atoms with Crippen LogP contribution in [-0.2, 0) is 11.8 Å². The fourth-order valence-electron chi connectivity index (χ4n) is 2.61. The molecule has 2 rings (SSSR count). The number of hydrogen-bond donors (Lipinski definition) is 1. The topological polar surface area (TPSA) is 67.4 Å². The van der Waals surface area contributed by atoms with E-state index >= 15 is 0 Å². The molecule has 1 atom stereocenters. The van der Waals surface area contributed by atoms with Gasteiger partial charge >= 0.3 is 0 Å². The van der Waals surface area contributed by atoms with Crippen molar-refractivity contribution in [2.45, 2.75) is 19.9 Å². The van der Waals surface area contributed by atoms with Gasteiger partial charge < -0.3 is 10.6 Å². The molecule has 1 amide bonds. The summed E-state index contributed by atoms with van der Waals surface area (Å²) in [5.74, 6) is 0.664. The highest BCUT2D eigenvalue weighted by Gasteiger charge is 2.26. The van der Waals surface area contributed by atoms with Crippen molar-refractivity contribution in [2.24, 2.45) is 18.7 Å². The van der Waals surface area contributed by atoms with Gasteiger partial charge in [0.25, 0.3) is 0 Å². The molecule has 0 bridgehead atoms. The Labute approximate surface area is 120 Å². The predicted molar refractivity (Wildman–Crippen MR) is 78.0 cm³/mol. The van der Waals surface area contributed by atoms with Crippen LogP contribution >= 0.6 is 0 Å². The predicted octanol–water partition coefficient (Wildman–Crippen LogP) is 0.220. The van der Waals surface area contributed by atoms with Crippen LogP contribution in [0.4, 0.5) is 0 Å². The number of carbonyl (C=O) groups is 1. The van der Waals surface area contributed by atoms with Crippen molar-refractivity contribution in [3.63, 3.8) is 0 Å². The van der Waals surface area contributed by atoms with E-state index in [0.29, 0.717) is 5.92 Å². The Hall–Kier alpha value is -1.40. The van der Waals surface area contributed by atoms with E-state index in [1.807, 2.05) is 11.9 Å². The first-order valence-electron chi connectivity index (χ1n) is 7.22. The highest BCUT2D eigenvalue weighted by molar-refractivity contribution is 5.83. The lowest BCUT2D eigenvalue weighted by atomic mass is 10.1. The minimum absolute atomic E-state index is 0.00203. The van der Waals surface area contributed by atoms with Gasteiger partial charge in [-0.15, -0.1) is 0 Å². The molecule has 1 aliphatic heterocycles. The van der Waals surface area contributed by atoms with Crippen LogP contribution < -0.4 is 5.73 Å². The smallest absolute Gasteiger partial charge is 0.244 e. The lowest BCUT2D eigenvalue weighted by molar-refractivity contribution is -0.134. The molecule has 1 aliphatic rings. The average Bonchev–Trinajstić information content (AvgIpc) is 2.84. The molecule has 20 heavy (non-hydrogen) atoms. The lowest BCUT2D eigenvalue weighted by Crippen LogP contribution is -2.51. The highest BCUT2D eigenvalue weighted by atomic mass is 16.2. The minimum atomic E-state index is -0.597. The Kier molecular flexibility index (Phi) is 4.77. The summed E-state index contributed by atoms with van der Waals surface area (Å²) >= 11 is 0. The zero-order valence-electron chi connectivity index (χ0n) is 12.6. The maximum atomic E-state index is 12.4. The van der Waals surface area contributed by atoms with Crippen LogP contribution in [0.1, 0.15) is 25.5 Å². The van der Waals surface area contributed by atoms with Crippen LogP contribution in [0.25, 0.3) is 0 Å². The normalized spacial score (nSPS) is 18.6. The number of piperazine rings is 1. The minimum Gasteiger partial charge on any atom is -0.338 e. The summed E-state index contributed by atoms with van der Waals surface area (Å²) in [5, 5.41) is 4.07. The number of aryl methyl sites for hydroxylation is 1. The Morgan fingerprint density at radius 3 is 2.50 bits per heavy atom. The molecule has 2 heterocycles. The molecule has 0 aromatic carbocycles. The molecule has 1 fully saturated rings. The second kappa shape index (κ2) is 6.37. The van der Waals surface area contributed by atoms with Gasteiger partial charge in [0.05, 0.1) is 6.20 Å². The molecule has 2 N–H and O–H groups in total. The van der Waals surface area contributed by atoms with E-state index in [1.54, 1.807) is 17.1 Å². The van der Waals surface area contributed by atoms with E-state index in [2.05, 4.69) is 23.8 Å². The van der Waals surface area contributed by atoms with Gasteiger partial charge in [-0.3, -0.25) is 14.4 Å². The Morgan fingerprint density at radius 1 is 1.35 bits per heavy atom. The van der Waals surface area contributed by atoms with E-state index < -0.39 is 6.04 Å². The first-order valence-corrected chi connectivity index (χ1v) is 7.22. The van der Waals surface area contributed by atoms with Gasteiger partial charge in [-0.05, 0) is 5.92 Å². The van der Waals surface area contributed by atoms with E-state index in [0.717, 1.165) is 38.3 Å². The molecule has 6 nitrogen and oxygen atoms in total. The second-order valence-corrected chi connectivity index (χ2v) is 5.94. The van der Waals surface area contributed by atoms with Gasteiger partial charge in [-0.1, -0.05) is 13.8 Å². The third kappa shape index (κ3) is 3.58. The third-order valence-corrected chi connectivity index (χ3v) is 3.66. The fraction of sp³-hybridized carbons (Fsp3) is 0.714. The quantitative estimate of drug-likeness (QED) is 0.856. The Morgan fingerprint density at radius 2 is 2.00 bits per heavy atom. The zero-order chi connectivity index (χ0) is 14.7. The molecule has 0 aliphatic carbocycles. The Balaban J connectivity index is 1.88. The lowest BCUT2D eigenvalue weighted by Gasteiger charge is -2.36. The number of rotatable bonds is 4. The first-order chi connectivity index (χ1) is 9.47. The van der Waals surface area contributed by atoms with Gasteiger partial charge in [0.2, 0.25) is 5.91 Å². The van der Waals surface area contributed by atoms with E-state index in [4.69, 9.17) is 5.73 Å². The summed E-state index contributed by atoms with van der Waals surface area (Å²) in [4.78, 5) is 16.7. The molecule has 1 saturated heterocycles. The van der Waals surface area contributed by atoms with Crippen LogP contribution in [0, 0.1) is 5.92 Å². The van der Waals surface area contributed by atoms with Gasteiger partial charge in [-0.2, -0.15) is 5.10 Å². The van der Waals surface area contributed by atoms with Crippen molar-refractivity contribution in [1.29, 1.82) is 0 Å². The molecule has 1 unspecified atom stereocenters. The molecule has 0 saturated carbocycles. The van der Waals surface area contributed by atoms with Crippen LogP contribution in [0.15, 0.2) is 12.4 Å². The molecule has 6 heteroatoms. The van der Waals surface area contributed by atoms with Crippen molar-refractivity contribution < 1.29 is 4.79 Å². The largest absolute Gasteiger partial charge is 0.338 e. The molecule has 0 spiro atoms. The molecule has 112 valence electrons. The van der Waals surface area contributed by atoms with Crippen LogP contribution in [0.3, 0.4) is 0 Å². The fourth-order valence-corrected chi connectivity index (χ4v) is 2.61. The van der Waals surface area contributed by atoms with Crippen molar-refractivity contribution >= 4 is 5.91 Å². The van der Waals surface area contributed by atoms with Crippen molar-refractivity contribution in [3.8, 4) is 0 Å². The summed E-state index contributed by atoms with van der Waals surface area (Å²) in [7, 11) is 1.82. The van der Waals surface area contributed by atoms with Crippen LogP contribution in [0.5, 0.6) is 0 Å². The number of nitrogens with two attached hydrogens (primary N) is 1. The summed E-state index contributed by atoms with van der Waals surface area (Å²) in [6, 6.07) is -0.597. The van der Waals surface area contributed by atoms with Crippen LogP contribution in [0.2, 0.25) is 0 Å². The average molecular weight is 279 g/mol. The van der Waals surface area contributed by atoms with E-state index in [-0.39, 0.29) is 5.91 Å². The van der Waals surface area contributed by atoms with Gasteiger partial charge in [0.1, 0.15) is 6.04 Å². The SMILES string of the molecule is CC(C)CN1CCN(C(=O)C(N)c2cnn(C)c2)CC1. The summed E-state index contributed by atoms with van der Waals surface area (Å²) in [6.07, 6.45) is 3.47. The molecule has 0 radical (unpaired) electrons. The number of nitrogens with zero attached hydrogens (tertiary/aromatic N) is 4. The van der Waals surface area contributed by atoms with Gasteiger partial charge in [-0.25, -0.2) is 0 Å². The number of hydrogen-bond acceptors (Lipinski definition) is 4. The molecular formula is C14H25N5O. The van der Waals surface area contributed by atoms with E-state index in [1.165, 1.54) is 0 Å². The number of aromatic nitrogens is 2. The second-order valence-electron chi connectivity index (χ2n) is 5.94.